The predicted octanol–water partition coefficient (Wildman–Crippen LogP) is 4.06. The number of urea groups is 1. The molecule has 8 heteroatoms. The third kappa shape index (κ3) is 6.34. The normalized spacial score (nSPS) is 14.6. The molecule has 0 spiro atoms. The van der Waals surface area contributed by atoms with Gasteiger partial charge in [0.1, 0.15) is 0 Å². The Morgan fingerprint density at radius 3 is 2.76 bits per heavy atom. The zero-order valence-corrected chi connectivity index (χ0v) is 20.6. The molecule has 178 valence electrons. The monoisotopic (exact) mass is 469 g/mol. The van der Waals surface area contributed by atoms with Gasteiger partial charge in [0, 0.05) is 68.5 Å². The smallest absolute Gasteiger partial charge is 0.317 e. The lowest BCUT2D eigenvalue weighted by Crippen LogP contribution is -2.47. The Balaban J connectivity index is 1.41. The lowest BCUT2D eigenvalue weighted by Gasteiger charge is -2.30. The number of hydrogen-bond acceptors (Lipinski definition) is 5. The molecule has 3 heterocycles. The minimum atomic E-state index is 0.0363. The van der Waals surface area contributed by atoms with Crippen molar-refractivity contribution in [1.82, 2.24) is 24.5 Å². The van der Waals surface area contributed by atoms with Crippen LogP contribution in [0.25, 0.3) is 16.2 Å². The molecule has 7 nitrogen and oxygen atoms in total. The van der Waals surface area contributed by atoms with Crippen molar-refractivity contribution in [2.45, 2.75) is 33.1 Å². The van der Waals surface area contributed by atoms with Gasteiger partial charge in [-0.3, -0.25) is 9.30 Å². The van der Waals surface area contributed by atoms with Crippen LogP contribution in [0.15, 0.2) is 35.8 Å². The van der Waals surface area contributed by atoms with Crippen LogP contribution < -0.4 is 5.32 Å². The van der Waals surface area contributed by atoms with E-state index in [1.165, 1.54) is 11.3 Å². The fourth-order valence-electron chi connectivity index (χ4n) is 4.01. The highest BCUT2D eigenvalue weighted by Gasteiger charge is 2.18. The van der Waals surface area contributed by atoms with Crippen LogP contribution in [0.5, 0.6) is 0 Å². The third-order valence-corrected chi connectivity index (χ3v) is 7.04. The second-order valence-corrected chi connectivity index (χ2v) is 9.48. The third-order valence-electron chi connectivity index (χ3n) is 6.15. The second kappa shape index (κ2) is 11.6. The number of aryl methyl sites for hydroxylation is 1. The molecule has 1 saturated heterocycles. The van der Waals surface area contributed by atoms with Crippen LogP contribution in [0.4, 0.5) is 4.79 Å². The number of carbonyl (C=O) groups excluding carboxylic acids is 1. The zero-order chi connectivity index (χ0) is 23.0. The number of hydrogen-bond donors (Lipinski definition) is 1. The molecule has 1 aromatic carbocycles. The van der Waals surface area contributed by atoms with Gasteiger partial charge in [-0.25, -0.2) is 9.78 Å². The Kier molecular flexibility index (Phi) is 8.36. The average Bonchev–Trinajstić information content (AvgIpc) is 3.42. The van der Waals surface area contributed by atoms with Gasteiger partial charge >= 0.3 is 6.03 Å². The van der Waals surface area contributed by atoms with Crippen molar-refractivity contribution in [3.05, 3.63) is 47.1 Å². The molecule has 1 aliphatic rings. The number of morpholine rings is 1. The second-order valence-electron chi connectivity index (χ2n) is 8.65. The molecule has 4 rings (SSSR count). The summed E-state index contributed by atoms with van der Waals surface area (Å²) in [5.41, 5.74) is 4.56. The maximum absolute atomic E-state index is 12.9. The molecule has 0 radical (unpaired) electrons. The van der Waals surface area contributed by atoms with Crippen molar-refractivity contribution >= 4 is 22.3 Å². The van der Waals surface area contributed by atoms with Gasteiger partial charge in [-0.2, -0.15) is 0 Å². The largest absolute Gasteiger partial charge is 0.379 e. The number of aromatic nitrogens is 2. The molecular weight excluding hydrogens is 434 g/mol. The SMILES string of the molecule is CCCCNC(=O)N(CCc1csc2nc(-c3ccc(C)cc3)cn12)CCN1CCOCC1. The highest BCUT2D eigenvalue weighted by molar-refractivity contribution is 7.15. The first-order chi connectivity index (χ1) is 16.1. The summed E-state index contributed by atoms with van der Waals surface area (Å²) in [7, 11) is 0. The Bertz CT molecular complexity index is 1020. The molecule has 1 N–H and O–H groups in total. The number of nitrogens with zero attached hydrogens (tertiary/aromatic N) is 4. The Labute approximate surface area is 200 Å². The van der Waals surface area contributed by atoms with E-state index in [9.17, 15) is 4.79 Å². The predicted molar refractivity (Wildman–Crippen MR) is 134 cm³/mol. The van der Waals surface area contributed by atoms with Crippen LogP contribution in [0.2, 0.25) is 0 Å². The van der Waals surface area contributed by atoms with Crippen molar-refractivity contribution in [2.75, 3.05) is 52.5 Å². The highest BCUT2D eigenvalue weighted by atomic mass is 32.1. The summed E-state index contributed by atoms with van der Waals surface area (Å²) in [5.74, 6) is 0. The number of imidazole rings is 1. The number of carbonyl (C=O) groups is 1. The molecule has 2 aromatic heterocycles. The van der Waals surface area contributed by atoms with Gasteiger partial charge in [-0.1, -0.05) is 43.2 Å². The van der Waals surface area contributed by atoms with Crippen molar-refractivity contribution in [3.8, 4) is 11.3 Å². The highest BCUT2D eigenvalue weighted by Crippen LogP contribution is 2.24. The van der Waals surface area contributed by atoms with E-state index in [4.69, 9.17) is 9.72 Å². The molecule has 33 heavy (non-hydrogen) atoms. The molecule has 1 fully saturated rings. The summed E-state index contributed by atoms with van der Waals surface area (Å²) in [5, 5.41) is 5.26. The topological polar surface area (TPSA) is 62.1 Å². The first-order valence-electron chi connectivity index (χ1n) is 12.0. The number of nitrogens with one attached hydrogen (secondary N) is 1. The van der Waals surface area contributed by atoms with E-state index >= 15 is 0 Å². The molecule has 1 aliphatic heterocycles. The van der Waals surface area contributed by atoms with Crippen molar-refractivity contribution in [3.63, 3.8) is 0 Å². The minimum absolute atomic E-state index is 0.0363. The summed E-state index contributed by atoms with van der Waals surface area (Å²) < 4.78 is 7.63. The molecule has 2 amide bonds. The van der Waals surface area contributed by atoms with Gasteiger partial charge in [-0.15, -0.1) is 11.3 Å². The van der Waals surface area contributed by atoms with Gasteiger partial charge in [-0.05, 0) is 13.3 Å². The van der Waals surface area contributed by atoms with Crippen LogP contribution in [-0.2, 0) is 11.2 Å². The van der Waals surface area contributed by atoms with Crippen LogP contribution in [-0.4, -0.2) is 77.7 Å². The molecule has 0 unspecified atom stereocenters. The molecule has 3 aromatic rings. The summed E-state index contributed by atoms with van der Waals surface area (Å²) in [6, 6.07) is 8.51. The van der Waals surface area contributed by atoms with E-state index in [2.05, 4.69) is 64.3 Å². The van der Waals surface area contributed by atoms with Crippen LogP contribution in [0.3, 0.4) is 0 Å². The van der Waals surface area contributed by atoms with Gasteiger partial charge < -0.3 is 15.0 Å². The fourth-order valence-corrected chi connectivity index (χ4v) is 4.92. The summed E-state index contributed by atoms with van der Waals surface area (Å²) >= 11 is 1.66. The van der Waals surface area contributed by atoms with E-state index < -0.39 is 0 Å². The maximum Gasteiger partial charge on any atom is 0.317 e. The van der Waals surface area contributed by atoms with Crippen LogP contribution in [0.1, 0.15) is 31.0 Å². The quantitative estimate of drug-likeness (QED) is 0.455. The molecular formula is C25H35N5O2S. The number of unbranched alkanes of at least 4 members (excludes halogenated alkanes) is 1. The van der Waals surface area contributed by atoms with E-state index in [0.29, 0.717) is 6.54 Å². The van der Waals surface area contributed by atoms with Gasteiger partial charge in [0.15, 0.2) is 4.96 Å². The Morgan fingerprint density at radius 2 is 2.00 bits per heavy atom. The number of fused-ring (bicyclic) bond motifs is 1. The van der Waals surface area contributed by atoms with Gasteiger partial charge in [0.05, 0.1) is 18.9 Å². The van der Waals surface area contributed by atoms with Gasteiger partial charge in [0.25, 0.3) is 0 Å². The summed E-state index contributed by atoms with van der Waals surface area (Å²) in [6.07, 6.45) is 5.00. The van der Waals surface area contributed by atoms with Gasteiger partial charge in [0.2, 0.25) is 0 Å². The Hall–Kier alpha value is -2.42. The number of rotatable bonds is 10. The molecule has 0 saturated carbocycles. The number of benzene rings is 1. The number of amides is 2. The number of ether oxygens (including phenoxy) is 1. The molecule has 0 atom stereocenters. The standard InChI is InChI=1S/C25H35N5O2S/c1-3-4-10-26-24(31)29(13-12-28-14-16-32-17-15-28)11-9-22-19-33-25-27-23(18-30(22)25)21-7-5-20(2)6-8-21/h5-8,18-19H,3-4,9-17H2,1-2H3,(H,26,31). The minimum Gasteiger partial charge on any atom is -0.379 e. The van der Waals surface area contributed by atoms with E-state index in [1.807, 2.05) is 4.90 Å². The van der Waals surface area contributed by atoms with Crippen molar-refractivity contribution < 1.29 is 9.53 Å². The maximum atomic E-state index is 12.9. The fraction of sp³-hybridized carbons (Fsp3) is 0.520. The van der Waals surface area contributed by atoms with Crippen LogP contribution >= 0.6 is 11.3 Å². The average molecular weight is 470 g/mol. The van der Waals surface area contributed by atoms with E-state index in [-0.39, 0.29) is 6.03 Å². The van der Waals surface area contributed by atoms with E-state index in [1.54, 1.807) is 11.3 Å². The van der Waals surface area contributed by atoms with Crippen molar-refractivity contribution in [2.24, 2.45) is 0 Å². The summed E-state index contributed by atoms with van der Waals surface area (Å²) in [4.78, 5) is 23.0. The van der Waals surface area contributed by atoms with Crippen LogP contribution in [0, 0.1) is 6.92 Å². The molecule has 0 aliphatic carbocycles. The first kappa shape index (κ1) is 23.7. The first-order valence-corrected chi connectivity index (χ1v) is 12.9. The number of thiazole rings is 1. The summed E-state index contributed by atoms with van der Waals surface area (Å²) in [6.45, 7) is 10.7. The van der Waals surface area contributed by atoms with Crippen molar-refractivity contribution in [1.29, 1.82) is 0 Å². The zero-order valence-electron chi connectivity index (χ0n) is 19.8. The lowest BCUT2D eigenvalue weighted by molar-refractivity contribution is 0.0349. The molecule has 0 bridgehead atoms. The lowest BCUT2D eigenvalue weighted by atomic mass is 10.1. The van der Waals surface area contributed by atoms with E-state index in [0.717, 1.165) is 81.4 Å². The Morgan fingerprint density at radius 1 is 1.21 bits per heavy atom.